The van der Waals surface area contributed by atoms with Crippen LogP contribution >= 0.6 is 23.2 Å². The number of oxime groups is 1. The molecule has 0 radical (unpaired) electrons. The zero-order valence-electron chi connectivity index (χ0n) is 9.35. The Bertz CT molecular complexity index is 593. The summed E-state index contributed by atoms with van der Waals surface area (Å²) in [5.41, 5.74) is 7.07. The number of rotatable bonds is 3. The average molecular weight is 284 g/mol. The molecule has 0 spiro atoms. The molecule has 4 nitrogen and oxygen atoms in total. The minimum atomic E-state index is 0.0538. The summed E-state index contributed by atoms with van der Waals surface area (Å²) in [5, 5.41) is 12.9. The molecule has 0 bridgehead atoms. The van der Waals surface area contributed by atoms with Gasteiger partial charge >= 0.3 is 0 Å². The third-order valence-corrected chi connectivity index (χ3v) is 3.15. The summed E-state index contributed by atoms with van der Waals surface area (Å²) in [6.07, 6.45) is 1.82. The van der Waals surface area contributed by atoms with Crippen molar-refractivity contribution in [3.8, 4) is 0 Å². The fourth-order valence-corrected chi connectivity index (χ4v) is 2.06. The van der Waals surface area contributed by atoms with Crippen LogP contribution in [0.4, 0.5) is 0 Å². The second-order valence-corrected chi connectivity index (χ2v) is 4.59. The summed E-state index contributed by atoms with van der Waals surface area (Å²) in [4.78, 5) is 0. The van der Waals surface area contributed by atoms with Crippen LogP contribution in [0.15, 0.2) is 41.7 Å². The highest BCUT2D eigenvalue weighted by Gasteiger charge is 2.08. The summed E-state index contributed by atoms with van der Waals surface area (Å²) >= 11 is 12.0. The maximum Gasteiger partial charge on any atom is 0.186 e. The van der Waals surface area contributed by atoms with Gasteiger partial charge in [0.15, 0.2) is 5.84 Å². The second kappa shape index (κ2) is 5.33. The standard InChI is InChI=1S/C12H11Cl2N3O/c13-9-3-4-10(14)8(6-9)7-17-5-1-2-11(17)12(15)16-18/h1-6,18H,7H2,(H2,15,16). The van der Waals surface area contributed by atoms with Crippen molar-refractivity contribution < 1.29 is 5.21 Å². The molecule has 1 heterocycles. The van der Waals surface area contributed by atoms with E-state index in [1.54, 1.807) is 24.3 Å². The predicted octanol–water partition coefficient (Wildman–Crippen LogP) is 2.94. The molecule has 1 aromatic carbocycles. The van der Waals surface area contributed by atoms with Gasteiger partial charge in [-0.1, -0.05) is 28.4 Å². The first kappa shape index (κ1) is 12.8. The van der Waals surface area contributed by atoms with E-state index in [9.17, 15) is 0 Å². The van der Waals surface area contributed by atoms with Crippen LogP contribution in [0.5, 0.6) is 0 Å². The van der Waals surface area contributed by atoms with Gasteiger partial charge in [0.25, 0.3) is 0 Å². The normalized spacial score (nSPS) is 11.8. The van der Waals surface area contributed by atoms with E-state index < -0.39 is 0 Å². The largest absolute Gasteiger partial charge is 0.409 e. The minimum Gasteiger partial charge on any atom is -0.409 e. The van der Waals surface area contributed by atoms with Crippen LogP contribution < -0.4 is 5.73 Å². The Balaban J connectivity index is 2.35. The number of nitrogens with zero attached hydrogens (tertiary/aromatic N) is 2. The molecule has 2 rings (SSSR count). The van der Waals surface area contributed by atoms with Crippen molar-refractivity contribution in [2.75, 3.05) is 0 Å². The molecule has 0 aliphatic heterocycles. The van der Waals surface area contributed by atoms with E-state index in [0.29, 0.717) is 22.3 Å². The first-order valence-electron chi connectivity index (χ1n) is 5.19. The first-order chi connectivity index (χ1) is 8.61. The molecule has 0 aliphatic carbocycles. The molecule has 0 amide bonds. The van der Waals surface area contributed by atoms with E-state index >= 15 is 0 Å². The SMILES string of the molecule is N/C(=N/O)c1cccn1Cc1cc(Cl)ccc1Cl. The molecule has 94 valence electrons. The van der Waals surface area contributed by atoms with Gasteiger partial charge in [-0.3, -0.25) is 0 Å². The summed E-state index contributed by atoms with van der Waals surface area (Å²) in [6.45, 7) is 0.498. The van der Waals surface area contributed by atoms with E-state index in [0.717, 1.165) is 5.56 Å². The van der Waals surface area contributed by atoms with Crippen LogP contribution in [0.1, 0.15) is 11.3 Å². The van der Waals surface area contributed by atoms with Gasteiger partial charge in [-0.25, -0.2) is 0 Å². The van der Waals surface area contributed by atoms with Gasteiger partial charge in [0, 0.05) is 22.8 Å². The Kier molecular flexibility index (Phi) is 3.79. The van der Waals surface area contributed by atoms with Crippen LogP contribution in [0.25, 0.3) is 0 Å². The van der Waals surface area contributed by atoms with Crippen molar-refractivity contribution in [3.05, 3.63) is 57.8 Å². The van der Waals surface area contributed by atoms with Crippen LogP contribution in [0.3, 0.4) is 0 Å². The average Bonchev–Trinajstić information content (AvgIpc) is 2.81. The highest BCUT2D eigenvalue weighted by Crippen LogP contribution is 2.22. The smallest absolute Gasteiger partial charge is 0.186 e. The van der Waals surface area contributed by atoms with Crippen molar-refractivity contribution in [2.45, 2.75) is 6.54 Å². The third kappa shape index (κ3) is 2.60. The topological polar surface area (TPSA) is 63.5 Å². The number of aromatic nitrogens is 1. The molecular formula is C12H11Cl2N3O. The molecule has 0 saturated carbocycles. The monoisotopic (exact) mass is 283 g/mol. The molecule has 0 atom stereocenters. The Morgan fingerprint density at radius 1 is 1.33 bits per heavy atom. The lowest BCUT2D eigenvalue weighted by atomic mass is 10.2. The van der Waals surface area contributed by atoms with E-state index in [2.05, 4.69) is 5.16 Å². The molecule has 1 aromatic heterocycles. The fraction of sp³-hybridized carbons (Fsp3) is 0.0833. The van der Waals surface area contributed by atoms with Crippen LogP contribution in [0.2, 0.25) is 10.0 Å². The van der Waals surface area contributed by atoms with Crippen molar-refractivity contribution in [3.63, 3.8) is 0 Å². The molecule has 0 aliphatic rings. The van der Waals surface area contributed by atoms with Gasteiger partial charge in [0.2, 0.25) is 0 Å². The van der Waals surface area contributed by atoms with Gasteiger partial charge in [-0.05, 0) is 35.9 Å². The predicted molar refractivity (Wildman–Crippen MR) is 72.5 cm³/mol. The van der Waals surface area contributed by atoms with Crippen LogP contribution in [-0.2, 0) is 6.54 Å². The number of halogens is 2. The fourth-order valence-electron chi connectivity index (χ4n) is 1.68. The van der Waals surface area contributed by atoms with Gasteiger partial charge in [0.1, 0.15) is 0 Å². The molecule has 0 fully saturated rings. The van der Waals surface area contributed by atoms with E-state index in [-0.39, 0.29) is 5.84 Å². The van der Waals surface area contributed by atoms with Crippen molar-refractivity contribution >= 4 is 29.0 Å². The quantitative estimate of drug-likeness (QED) is 0.394. The minimum absolute atomic E-state index is 0.0538. The second-order valence-electron chi connectivity index (χ2n) is 3.74. The zero-order chi connectivity index (χ0) is 13.1. The lowest BCUT2D eigenvalue weighted by molar-refractivity contribution is 0.318. The first-order valence-corrected chi connectivity index (χ1v) is 5.94. The van der Waals surface area contributed by atoms with Gasteiger partial charge < -0.3 is 15.5 Å². The maximum absolute atomic E-state index is 8.70. The Hall–Kier alpha value is -1.65. The highest BCUT2D eigenvalue weighted by molar-refractivity contribution is 6.33. The zero-order valence-corrected chi connectivity index (χ0v) is 10.9. The van der Waals surface area contributed by atoms with E-state index in [1.807, 2.05) is 16.8 Å². The summed E-state index contributed by atoms with van der Waals surface area (Å²) in [7, 11) is 0. The number of hydrogen-bond acceptors (Lipinski definition) is 2. The molecule has 0 saturated heterocycles. The maximum atomic E-state index is 8.70. The van der Waals surface area contributed by atoms with Gasteiger partial charge in [-0.15, -0.1) is 0 Å². The van der Waals surface area contributed by atoms with Crippen molar-refractivity contribution in [1.29, 1.82) is 0 Å². The molecule has 3 N–H and O–H groups in total. The lowest BCUT2D eigenvalue weighted by Crippen LogP contribution is -2.18. The summed E-state index contributed by atoms with van der Waals surface area (Å²) < 4.78 is 1.83. The number of benzene rings is 1. The summed E-state index contributed by atoms with van der Waals surface area (Å²) in [6, 6.07) is 8.83. The Morgan fingerprint density at radius 2 is 2.11 bits per heavy atom. The molecule has 2 aromatic rings. The van der Waals surface area contributed by atoms with Crippen LogP contribution in [0, 0.1) is 0 Å². The van der Waals surface area contributed by atoms with E-state index in [4.69, 9.17) is 34.1 Å². The van der Waals surface area contributed by atoms with Crippen LogP contribution in [-0.4, -0.2) is 15.6 Å². The Morgan fingerprint density at radius 3 is 2.83 bits per heavy atom. The molecule has 0 unspecified atom stereocenters. The third-order valence-electron chi connectivity index (χ3n) is 2.55. The molecular weight excluding hydrogens is 273 g/mol. The number of nitrogens with two attached hydrogens (primary N) is 1. The lowest BCUT2D eigenvalue weighted by Gasteiger charge is -2.10. The van der Waals surface area contributed by atoms with Crippen molar-refractivity contribution in [2.24, 2.45) is 10.9 Å². The van der Waals surface area contributed by atoms with Crippen molar-refractivity contribution in [1.82, 2.24) is 4.57 Å². The van der Waals surface area contributed by atoms with Gasteiger partial charge in [-0.2, -0.15) is 0 Å². The molecule has 18 heavy (non-hydrogen) atoms. The number of amidine groups is 1. The highest BCUT2D eigenvalue weighted by atomic mass is 35.5. The summed E-state index contributed by atoms with van der Waals surface area (Å²) in [5.74, 6) is 0.0538. The van der Waals surface area contributed by atoms with E-state index in [1.165, 1.54) is 0 Å². The molecule has 6 heteroatoms. The Labute approximate surface area is 114 Å². The van der Waals surface area contributed by atoms with Gasteiger partial charge in [0.05, 0.1) is 5.69 Å². The number of hydrogen-bond donors (Lipinski definition) is 2.